The molecule has 0 radical (unpaired) electrons. The first kappa shape index (κ1) is 17.6. The van der Waals surface area contributed by atoms with Crippen molar-refractivity contribution >= 4 is 21.4 Å². The number of aryl methyl sites for hydroxylation is 1. The van der Waals surface area contributed by atoms with Gasteiger partial charge in [0.2, 0.25) is 0 Å². The fourth-order valence-corrected chi connectivity index (χ4v) is 4.53. The van der Waals surface area contributed by atoms with E-state index in [1.54, 1.807) is 30.0 Å². The molecular weight excluding hydrogens is 342 g/mol. The van der Waals surface area contributed by atoms with Crippen LogP contribution in [0.2, 0.25) is 0 Å². The largest absolute Gasteiger partial charge is 0.338 e. The van der Waals surface area contributed by atoms with Gasteiger partial charge in [0.05, 0.1) is 5.75 Å². The van der Waals surface area contributed by atoms with Crippen LogP contribution in [0.15, 0.2) is 29.2 Å². The Morgan fingerprint density at radius 1 is 1.36 bits per heavy atom. The number of amides is 1. The number of fused-ring (bicyclic) bond motifs is 1. The summed E-state index contributed by atoms with van der Waals surface area (Å²) in [7, 11) is -3.10. The van der Waals surface area contributed by atoms with Crippen LogP contribution in [0.4, 0.5) is 0 Å². The third-order valence-electron chi connectivity index (χ3n) is 4.50. The Kier molecular flexibility index (Phi) is 4.64. The van der Waals surface area contributed by atoms with Gasteiger partial charge >= 0.3 is 0 Å². The average Bonchev–Trinajstić information content (AvgIpc) is 2.53. The van der Waals surface area contributed by atoms with Crippen molar-refractivity contribution in [3.05, 3.63) is 46.0 Å². The molecular formula is C17H21N3O4S. The van der Waals surface area contributed by atoms with Crippen molar-refractivity contribution < 1.29 is 13.2 Å². The molecule has 7 nitrogen and oxygen atoms in total. The lowest BCUT2D eigenvalue weighted by Crippen LogP contribution is -2.43. The number of hydrogen-bond acceptors (Lipinski definition) is 5. The average molecular weight is 363 g/mol. The van der Waals surface area contributed by atoms with Crippen LogP contribution in [0.5, 0.6) is 0 Å². The molecule has 25 heavy (non-hydrogen) atoms. The van der Waals surface area contributed by atoms with E-state index in [9.17, 15) is 18.0 Å². The molecule has 1 amide bonds. The first-order valence-electron chi connectivity index (χ1n) is 8.20. The number of hydrogen-bond donors (Lipinski definition) is 0. The van der Waals surface area contributed by atoms with E-state index >= 15 is 0 Å². The Hall–Kier alpha value is -2.22. The predicted octanol–water partition coefficient (Wildman–Crippen LogP) is 0.900. The maximum Gasteiger partial charge on any atom is 0.270 e. The Morgan fingerprint density at radius 3 is 2.84 bits per heavy atom. The summed E-state index contributed by atoms with van der Waals surface area (Å²) in [4.78, 5) is 31.3. The third-order valence-corrected chi connectivity index (χ3v) is 5.58. The molecule has 3 rings (SSSR count). The van der Waals surface area contributed by atoms with Gasteiger partial charge in [0, 0.05) is 31.2 Å². The second-order valence-electron chi connectivity index (χ2n) is 6.69. The minimum Gasteiger partial charge on any atom is -0.338 e. The first-order valence-corrected chi connectivity index (χ1v) is 10.3. The van der Waals surface area contributed by atoms with Crippen LogP contribution in [0, 0.1) is 12.8 Å². The number of piperidine rings is 1. The number of carbonyl (C=O) groups excluding carboxylic acids is 1. The van der Waals surface area contributed by atoms with Gasteiger partial charge in [0.25, 0.3) is 11.5 Å². The van der Waals surface area contributed by atoms with Crippen LogP contribution < -0.4 is 5.56 Å². The highest BCUT2D eigenvalue weighted by Crippen LogP contribution is 2.19. The summed E-state index contributed by atoms with van der Waals surface area (Å²) in [5.41, 5.74) is 0.832. The maximum absolute atomic E-state index is 12.8. The molecule has 0 aromatic carbocycles. The van der Waals surface area contributed by atoms with Crippen molar-refractivity contribution in [1.82, 2.24) is 14.3 Å². The summed E-state index contributed by atoms with van der Waals surface area (Å²) in [5, 5.41) is 0. The molecule has 1 atom stereocenters. The monoisotopic (exact) mass is 363 g/mol. The van der Waals surface area contributed by atoms with E-state index < -0.39 is 15.4 Å². The van der Waals surface area contributed by atoms with Gasteiger partial charge in [-0.2, -0.15) is 0 Å². The number of pyridine rings is 1. The standard InChI is InChI=1S/C17H21N3O4S/c1-12-5-3-7-15-18-9-14(17(22)20(12)15)16(21)19-8-4-6-13(10-19)11-25(2,23)24/h3,5,7,9,13H,4,6,8,10-11H2,1-2H3/t13-/m0/s1. The minimum absolute atomic E-state index is 0.0202. The van der Waals surface area contributed by atoms with E-state index in [-0.39, 0.29) is 23.1 Å². The summed E-state index contributed by atoms with van der Waals surface area (Å²) in [6, 6.07) is 5.30. The Balaban J connectivity index is 1.90. The van der Waals surface area contributed by atoms with Gasteiger partial charge in [-0.1, -0.05) is 6.07 Å². The highest BCUT2D eigenvalue weighted by atomic mass is 32.2. The minimum atomic E-state index is -3.10. The predicted molar refractivity (Wildman–Crippen MR) is 94.5 cm³/mol. The van der Waals surface area contributed by atoms with Gasteiger partial charge in [-0.05, 0) is 37.8 Å². The summed E-state index contributed by atoms with van der Waals surface area (Å²) in [6.45, 7) is 2.66. The van der Waals surface area contributed by atoms with Gasteiger partial charge in [-0.3, -0.25) is 14.0 Å². The van der Waals surface area contributed by atoms with E-state index in [0.29, 0.717) is 24.4 Å². The summed E-state index contributed by atoms with van der Waals surface area (Å²) in [5.74, 6) is -0.413. The molecule has 0 unspecified atom stereocenters. The van der Waals surface area contributed by atoms with Crippen molar-refractivity contribution in [2.24, 2.45) is 5.92 Å². The lowest BCUT2D eigenvalue weighted by atomic mass is 9.99. The van der Waals surface area contributed by atoms with E-state index in [4.69, 9.17) is 0 Å². The van der Waals surface area contributed by atoms with Crippen LogP contribution in [0.3, 0.4) is 0 Å². The van der Waals surface area contributed by atoms with Crippen LogP contribution >= 0.6 is 0 Å². The Bertz CT molecular complexity index is 981. The second kappa shape index (κ2) is 6.59. The van der Waals surface area contributed by atoms with E-state index in [1.165, 1.54) is 16.9 Å². The molecule has 2 aromatic heterocycles. The zero-order valence-corrected chi connectivity index (χ0v) is 15.1. The molecule has 0 N–H and O–H groups in total. The normalized spacial score (nSPS) is 18.5. The van der Waals surface area contributed by atoms with E-state index in [2.05, 4.69) is 4.98 Å². The van der Waals surface area contributed by atoms with Crippen LogP contribution in [-0.4, -0.2) is 53.7 Å². The number of likely N-dealkylation sites (tertiary alicyclic amines) is 1. The quantitative estimate of drug-likeness (QED) is 0.808. The number of nitrogens with zero attached hydrogens (tertiary/aromatic N) is 3. The molecule has 0 spiro atoms. The molecule has 0 aliphatic carbocycles. The van der Waals surface area contributed by atoms with Gasteiger partial charge in [0.1, 0.15) is 21.0 Å². The van der Waals surface area contributed by atoms with Gasteiger partial charge in [0.15, 0.2) is 0 Å². The molecule has 2 aromatic rings. The topological polar surface area (TPSA) is 88.8 Å². The van der Waals surface area contributed by atoms with E-state index in [0.717, 1.165) is 12.8 Å². The molecule has 8 heteroatoms. The number of rotatable bonds is 3. The molecule has 134 valence electrons. The summed E-state index contributed by atoms with van der Waals surface area (Å²) < 4.78 is 24.5. The zero-order valence-electron chi connectivity index (χ0n) is 14.3. The fraction of sp³-hybridized carbons (Fsp3) is 0.471. The Morgan fingerprint density at radius 2 is 2.12 bits per heavy atom. The van der Waals surface area contributed by atoms with Gasteiger partial charge in [-0.25, -0.2) is 13.4 Å². The lowest BCUT2D eigenvalue weighted by molar-refractivity contribution is 0.0682. The summed E-state index contributed by atoms with van der Waals surface area (Å²) in [6.07, 6.45) is 4.02. The molecule has 1 fully saturated rings. The number of aromatic nitrogens is 2. The lowest BCUT2D eigenvalue weighted by Gasteiger charge is -2.32. The fourth-order valence-electron chi connectivity index (χ4n) is 3.41. The molecule has 1 saturated heterocycles. The van der Waals surface area contributed by atoms with E-state index in [1.807, 2.05) is 0 Å². The number of carbonyl (C=O) groups is 1. The van der Waals surface area contributed by atoms with Gasteiger partial charge < -0.3 is 4.90 Å². The summed E-state index contributed by atoms with van der Waals surface area (Å²) >= 11 is 0. The second-order valence-corrected chi connectivity index (χ2v) is 8.87. The highest BCUT2D eigenvalue weighted by molar-refractivity contribution is 7.90. The van der Waals surface area contributed by atoms with Crippen molar-refractivity contribution in [1.29, 1.82) is 0 Å². The highest BCUT2D eigenvalue weighted by Gasteiger charge is 2.28. The smallest absolute Gasteiger partial charge is 0.270 e. The van der Waals surface area contributed by atoms with Crippen molar-refractivity contribution in [2.75, 3.05) is 25.1 Å². The third kappa shape index (κ3) is 3.73. The molecule has 3 heterocycles. The Labute approximate surface area is 146 Å². The molecule has 1 aliphatic rings. The van der Waals surface area contributed by atoms with Gasteiger partial charge in [-0.15, -0.1) is 0 Å². The number of sulfone groups is 1. The maximum atomic E-state index is 12.8. The molecule has 0 bridgehead atoms. The van der Waals surface area contributed by atoms with Crippen LogP contribution in [0.25, 0.3) is 5.65 Å². The molecule has 0 saturated carbocycles. The SMILES string of the molecule is Cc1cccc2ncc(C(=O)N3CCC[C@H](CS(C)(=O)=O)C3)c(=O)n12. The zero-order chi connectivity index (χ0) is 18.2. The van der Waals surface area contributed by atoms with Crippen molar-refractivity contribution in [3.63, 3.8) is 0 Å². The van der Waals surface area contributed by atoms with Crippen LogP contribution in [-0.2, 0) is 9.84 Å². The molecule has 1 aliphatic heterocycles. The first-order chi connectivity index (χ1) is 11.8. The van der Waals surface area contributed by atoms with Crippen molar-refractivity contribution in [3.8, 4) is 0 Å². The van der Waals surface area contributed by atoms with Crippen molar-refractivity contribution in [2.45, 2.75) is 19.8 Å². The van der Waals surface area contributed by atoms with Crippen LogP contribution in [0.1, 0.15) is 28.9 Å².